The molecule has 0 rings (SSSR count). The Hall–Kier alpha value is 1.88. The molecule has 2 radical (unpaired) electrons. The molecule has 0 amide bonds. The minimum Gasteiger partial charge on any atom is 0 e. The quantitative estimate of drug-likeness (QED) is 0.396. The van der Waals surface area contributed by atoms with Crippen LogP contribution in [-0.4, -0.2) is 0 Å². The van der Waals surface area contributed by atoms with Gasteiger partial charge in [-0.2, -0.15) is 0 Å². The first-order valence-corrected chi connectivity index (χ1v) is 1.36. The van der Waals surface area contributed by atoms with Crippen LogP contribution < -0.4 is 0 Å². The van der Waals surface area contributed by atoms with E-state index < -0.39 is 0 Å². The molecule has 26 valence electrons. The fourth-order valence-electron chi connectivity index (χ4n) is 0. The van der Waals surface area contributed by atoms with Gasteiger partial charge in [0.1, 0.15) is 0 Å². The van der Waals surface area contributed by atoms with Crippen LogP contribution in [-0.2, 0) is 65.7 Å². The van der Waals surface area contributed by atoms with Gasteiger partial charge in [-0.3, -0.25) is 0 Å². The van der Waals surface area contributed by atoms with Crippen molar-refractivity contribution in [1.82, 2.24) is 0 Å². The van der Waals surface area contributed by atoms with E-state index in [9.17, 15) is 0 Å². The Balaban J connectivity index is -0.00000000500. The van der Waals surface area contributed by atoms with Gasteiger partial charge < -0.3 is 0 Å². The summed E-state index contributed by atoms with van der Waals surface area (Å²) in [6.07, 6.45) is 0. The van der Waals surface area contributed by atoms with Gasteiger partial charge in [0.05, 0.1) is 0 Å². The van der Waals surface area contributed by atoms with E-state index in [1.165, 1.54) is 0 Å². The van der Waals surface area contributed by atoms with E-state index in [-0.39, 0.29) is 42.5 Å². The largest absolute Gasteiger partial charge is 0 e. The molecule has 0 aromatic rings. The van der Waals surface area contributed by atoms with Crippen LogP contribution in [0.3, 0.4) is 0 Å². The molecule has 0 heterocycles. The first-order chi connectivity index (χ1) is 1.00. The van der Waals surface area contributed by atoms with Crippen LogP contribution in [0.5, 0.6) is 0 Å². The van der Waals surface area contributed by atoms with Crippen molar-refractivity contribution in [3.63, 3.8) is 0 Å². The smallest absolute Gasteiger partial charge is 0 e. The molecular weight excluding hydrogens is 573 g/mol. The molecule has 0 saturated carbocycles. The van der Waals surface area contributed by atoms with E-state index in [0.717, 1.165) is 0 Å². The van der Waals surface area contributed by atoms with E-state index in [1.807, 2.05) is 0 Å². The maximum absolute atomic E-state index is 8.33. The van der Waals surface area contributed by atoms with Crippen LogP contribution in [0.2, 0.25) is 0 Å². The van der Waals surface area contributed by atoms with Gasteiger partial charge in [0.25, 0.3) is 0 Å². The summed E-state index contributed by atoms with van der Waals surface area (Å²) in [6, 6.07) is 0. The van der Waals surface area contributed by atoms with Crippen molar-refractivity contribution in [2.75, 3.05) is 0 Å². The second-order valence-electron chi connectivity index (χ2n) is 0. The van der Waals surface area contributed by atoms with Crippen LogP contribution >= 0.6 is 0 Å². The molecule has 0 saturated heterocycles. The number of hydrogen-bond donors (Lipinski definition) is 0. The topological polar surface area (TPSA) is 17.1 Å². The molecule has 0 aliphatic heterocycles. The van der Waals surface area contributed by atoms with Crippen molar-refractivity contribution >= 4 is 0 Å². The minimum atomic E-state index is 0. The third-order valence-electron chi connectivity index (χ3n) is 0. The van der Waals surface area contributed by atoms with Crippen molar-refractivity contribution in [3.8, 4) is 0 Å². The maximum Gasteiger partial charge on any atom is 0 e. The second-order valence-corrected chi connectivity index (χ2v) is 0. The van der Waals surface area contributed by atoms with E-state index >= 15 is 0 Å². The predicted octanol–water partition coefficient (Wildman–Crippen LogP) is -0.126. The summed E-state index contributed by atoms with van der Waals surface area (Å²) in [6.45, 7) is 0. The van der Waals surface area contributed by atoms with Gasteiger partial charge in [0.15, 0.2) is 0 Å². The second kappa shape index (κ2) is 20.8. The zero-order chi connectivity index (χ0) is 2.00. The molecule has 0 N–H and O–H groups in total. The predicted molar refractivity (Wildman–Crippen MR) is 0.686 cm³/mol. The molecule has 4 heteroatoms. The molecule has 0 atom stereocenters. The summed E-state index contributed by atoms with van der Waals surface area (Å²) in [7, 11) is 0. The van der Waals surface area contributed by atoms with Crippen molar-refractivity contribution in [3.05, 3.63) is 0 Å². The molecular formula is IrOTaW. The van der Waals surface area contributed by atoms with Crippen molar-refractivity contribution in [2.45, 2.75) is 0 Å². The summed E-state index contributed by atoms with van der Waals surface area (Å²) in [5.74, 6) is 0. The molecule has 4 heavy (non-hydrogen) atoms. The van der Waals surface area contributed by atoms with Crippen LogP contribution in [0.4, 0.5) is 0 Å². The van der Waals surface area contributed by atoms with Crippen molar-refractivity contribution < 1.29 is 65.7 Å². The molecule has 0 spiro atoms. The van der Waals surface area contributed by atoms with Crippen LogP contribution in [0, 0.1) is 0 Å². The summed E-state index contributed by atoms with van der Waals surface area (Å²) in [5, 5.41) is 0. The maximum atomic E-state index is 8.33. The monoisotopic (exact) mass is 574 g/mol. The molecule has 0 aliphatic carbocycles. The molecule has 0 aliphatic rings. The average Bonchev–Trinajstić information content (AvgIpc) is 1.00. The van der Waals surface area contributed by atoms with Crippen LogP contribution in [0.15, 0.2) is 0 Å². The Labute approximate surface area is 65.0 Å². The fourth-order valence-corrected chi connectivity index (χ4v) is 0. The fraction of sp³-hybridized carbons (Fsp3) is 0. The number of hydrogen-bond acceptors (Lipinski definition) is 1. The van der Waals surface area contributed by atoms with Crippen LogP contribution in [0.25, 0.3) is 0 Å². The van der Waals surface area contributed by atoms with E-state index in [0.29, 0.717) is 19.8 Å². The molecule has 0 unspecified atom stereocenters. The Morgan fingerprint density at radius 3 is 1.25 bits per heavy atom. The Morgan fingerprint density at radius 1 is 1.25 bits per heavy atom. The summed E-state index contributed by atoms with van der Waals surface area (Å²) in [5.41, 5.74) is 0. The first kappa shape index (κ1) is 16.9. The Kier molecular flexibility index (Phi) is 87.8. The van der Waals surface area contributed by atoms with Gasteiger partial charge in [-0.25, -0.2) is 0 Å². The zero-order valence-electron chi connectivity index (χ0n) is 1.60. The minimum absolute atomic E-state index is 0. The Bertz CT molecular complexity index is 8.00. The molecule has 0 aromatic carbocycles. The normalized spacial score (nSPS) is 1.00. The third kappa shape index (κ3) is 9.11. The molecule has 0 aromatic heterocycles. The van der Waals surface area contributed by atoms with Crippen molar-refractivity contribution in [2.24, 2.45) is 0 Å². The van der Waals surface area contributed by atoms with Gasteiger partial charge in [0, 0.05) is 42.5 Å². The number of rotatable bonds is 0. The van der Waals surface area contributed by atoms with Gasteiger partial charge in [-0.05, 0) is 0 Å². The summed E-state index contributed by atoms with van der Waals surface area (Å²) in [4.78, 5) is 0. The molecule has 1 nitrogen and oxygen atoms in total. The summed E-state index contributed by atoms with van der Waals surface area (Å²) >= 11 is 0.333. The van der Waals surface area contributed by atoms with E-state index in [4.69, 9.17) is 3.40 Å². The van der Waals surface area contributed by atoms with Gasteiger partial charge in [-0.1, -0.05) is 0 Å². The van der Waals surface area contributed by atoms with Gasteiger partial charge in [-0.15, -0.1) is 0 Å². The van der Waals surface area contributed by atoms with Crippen molar-refractivity contribution in [1.29, 1.82) is 0 Å². The van der Waals surface area contributed by atoms with E-state index in [1.54, 1.807) is 0 Å². The van der Waals surface area contributed by atoms with E-state index in [2.05, 4.69) is 0 Å². The standard InChI is InChI=1S/Ir.O.Ta.W. The van der Waals surface area contributed by atoms with Gasteiger partial charge >= 0.3 is 23.2 Å². The van der Waals surface area contributed by atoms with Gasteiger partial charge in [0.2, 0.25) is 0 Å². The summed E-state index contributed by atoms with van der Waals surface area (Å²) < 4.78 is 8.33. The molecule has 0 bridgehead atoms. The third-order valence-corrected chi connectivity index (χ3v) is 0. The van der Waals surface area contributed by atoms with Crippen LogP contribution in [0.1, 0.15) is 0 Å². The SMILES string of the molecule is [Ir].[O]=[W].[Ta]. The Morgan fingerprint density at radius 2 is 1.25 bits per heavy atom. The first-order valence-electron chi connectivity index (χ1n) is 0.167. The zero-order valence-corrected chi connectivity index (χ0v) is 10.1. The molecule has 0 fully saturated rings. The average molecular weight is 573 g/mol.